The van der Waals surface area contributed by atoms with Gasteiger partial charge >= 0.3 is 5.97 Å². The Morgan fingerprint density at radius 3 is 2.56 bits per heavy atom. The van der Waals surface area contributed by atoms with Crippen LogP contribution in [0.5, 0.6) is 0 Å². The molecule has 0 spiro atoms. The maximum atomic E-state index is 11.6. The quantitative estimate of drug-likeness (QED) is 0.752. The van der Waals surface area contributed by atoms with E-state index in [1.165, 1.54) is 13.4 Å². The van der Waals surface area contributed by atoms with E-state index < -0.39 is 0 Å². The van der Waals surface area contributed by atoms with Crippen molar-refractivity contribution in [3.05, 3.63) is 47.2 Å². The average Bonchev–Trinajstić information content (AvgIpc) is 2.41. The summed E-state index contributed by atoms with van der Waals surface area (Å²) in [6, 6.07) is 6.89. The largest absolute Gasteiger partial charge is 0.492 e. The molecule has 0 bridgehead atoms. The van der Waals surface area contributed by atoms with Gasteiger partial charge in [0.05, 0.1) is 25.4 Å². The van der Waals surface area contributed by atoms with Crippen LogP contribution in [0.15, 0.2) is 36.1 Å². The van der Waals surface area contributed by atoms with E-state index in [1.807, 2.05) is 0 Å². The Hall–Kier alpha value is -2.10. The predicted molar refractivity (Wildman–Crippen MR) is 65.0 cm³/mol. The number of esters is 1. The number of ketones is 1. The fourth-order valence-corrected chi connectivity index (χ4v) is 1.78. The Morgan fingerprint density at radius 2 is 2.00 bits per heavy atom. The molecule has 0 radical (unpaired) electrons. The number of methoxy groups -OCH3 is 1. The Balaban J connectivity index is 2.16. The molecule has 0 saturated heterocycles. The van der Waals surface area contributed by atoms with Gasteiger partial charge in [0.25, 0.3) is 0 Å². The molecule has 0 N–H and O–H groups in total. The normalized spacial score (nSPS) is 18.9. The first-order chi connectivity index (χ1) is 8.61. The lowest BCUT2D eigenvalue weighted by Gasteiger charge is -2.21. The summed E-state index contributed by atoms with van der Waals surface area (Å²) in [5.74, 6) is -0.291. The van der Waals surface area contributed by atoms with Gasteiger partial charge in [-0.15, -0.1) is 0 Å². The molecule has 1 aromatic rings. The third kappa shape index (κ3) is 2.42. The zero-order chi connectivity index (χ0) is 13.1. The van der Waals surface area contributed by atoms with Gasteiger partial charge in [-0.1, -0.05) is 12.1 Å². The van der Waals surface area contributed by atoms with Gasteiger partial charge in [0.15, 0.2) is 5.78 Å². The first-order valence-corrected chi connectivity index (χ1v) is 5.65. The van der Waals surface area contributed by atoms with E-state index in [2.05, 4.69) is 4.74 Å². The van der Waals surface area contributed by atoms with Crippen LogP contribution in [-0.2, 0) is 14.3 Å². The van der Waals surface area contributed by atoms with E-state index in [4.69, 9.17) is 4.74 Å². The van der Waals surface area contributed by atoms with E-state index in [0.29, 0.717) is 17.6 Å². The van der Waals surface area contributed by atoms with Crippen LogP contribution in [0, 0.1) is 0 Å². The number of carbonyl (C=O) groups excluding carboxylic acids is 2. The molecule has 1 atom stereocenters. The molecule has 4 nitrogen and oxygen atoms in total. The molecule has 18 heavy (non-hydrogen) atoms. The van der Waals surface area contributed by atoms with Crippen molar-refractivity contribution in [2.75, 3.05) is 7.11 Å². The monoisotopic (exact) mass is 246 g/mol. The third-order valence-corrected chi connectivity index (χ3v) is 2.92. The maximum Gasteiger partial charge on any atom is 0.337 e. The van der Waals surface area contributed by atoms with Crippen molar-refractivity contribution in [2.45, 2.75) is 19.4 Å². The number of allylic oxidation sites excluding steroid dienone is 1. The zero-order valence-corrected chi connectivity index (χ0v) is 10.3. The standard InChI is InChI=1S/C14H14O4/c1-9-8-18-13(7-12(9)15)10-3-5-11(6-4-10)14(16)17-2/h3-6,8,13H,7H2,1-2H3. The summed E-state index contributed by atoms with van der Waals surface area (Å²) in [5.41, 5.74) is 1.99. The van der Waals surface area contributed by atoms with Crippen molar-refractivity contribution < 1.29 is 19.1 Å². The maximum absolute atomic E-state index is 11.6. The highest BCUT2D eigenvalue weighted by Crippen LogP contribution is 2.27. The molecule has 4 heteroatoms. The van der Waals surface area contributed by atoms with Crippen LogP contribution in [0.4, 0.5) is 0 Å². The highest BCUT2D eigenvalue weighted by atomic mass is 16.5. The highest BCUT2D eigenvalue weighted by molar-refractivity contribution is 5.95. The summed E-state index contributed by atoms with van der Waals surface area (Å²) in [7, 11) is 1.34. The number of benzene rings is 1. The molecule has 1 heterocycles. The first-order valence-electron chi connectivity index (χ1n) is 5.65. The van der Waals surface area contributed by atoms with Gasteiger partial charge in [-0.05, 0) is 24.6 Å². The lowest BCUT2D eigenvalue weighted by atomic mass is 9.98. The Kier molecular flexibility index (Phi) is 3.46. The van der Waals surface area contributed by atoms with Crippen LogP contribution >= 0.6 is 0 Å². The molecule has 94 valence electrons. The summed E-state index contributed by atoms with van der Waals surface area (Å²) >= 11 is 0. The molecule has 0 aromatic heterocycles. The van der Waals surface area contributed by atoms with Crippen LogP contribution in [0.1, 0.15) is 35.4 Å². The Labute approximate surface area is 105 Å². The summed E-state index contributed by atoms with van der Waals surface area (Å²) < 4.78 is 10.1. The second kappa shape index (κ2) is 5.04. The van der Waals surface area contributed by atoms with E-state index in [9.17, 15) is 9.59 Å². The average molecular weight is 246 g/mol. The number of hydrogen-bond acceptors (Lipinski definition) is 4. The van der Waals surface area contributed by atoms with Gasteiger partial charge in [0.2, 0.25) is 0 Å². The van der Waals surface area contributed by atoms with Crippen LogP contribution in [0.2, 0.25) is 0 Å². The fourth-order valence-electron chi connectivity index (χ4n) is 1.78. The molecule has 1 aliphatic heterocycles. The van der Waals surface area contributed by atoms with Crippen LogP contribution in [-0.4, -0.2) is 18.9 Å². The lowest BCUT2D eigenvalue weighted by Crippen LogP contribution is -2.15. The van der Waals surface area contributed by atoms with Gasteiger partial charge in [-0.3, -0.25) is 4.79 Å². The Bertz CT molecular complexity index is 499. The van der Waals surface area contributed by atoms with Gasteiger partial charge in [0, 0.05) is 5.57 Å². The SMILES string of the molecule is COC(=O)c1ccc(C2CC(=O)C(C)=CO2)cc1. The van der Waals surface area contributed by atoms with Gasteiger partial charge < -0.3 is 9.47 Å². The van der Waals surface area contributed by atoms with E-state index in [0.717, 1.165) is 5.56 Å². The number of Topliss-reactive ketones (excluding diaryl/α,β-unsaturated/α-hetero) is 1. The van der Waals surface area contributed by atoms with Crippen molar-refractivity contribution in [2.24, 2.45) is 0 Å². The summed E-state index contributed by atoms with van der Waals surface area (Å²) in [6.07, 6.45) is 1.55. The van der Waals surface area contributed by atoms with Gasteiger partial charge in [-0.2, -0.15) is 0 Å². The van der Waals surface area contributed by atoms with Crippen LogP contribution < -0.4 is 0 Å². The van der Waals surface area contributed by atoms with Crippen molar-refractivity contribution >= 4 is 11.8 Å². The minimum Gasteiger partial charge on any atom is -0.492 e. The fraction of sp³-hybridized carbons (Fsp3) is 0.286. The second-order valence-corrected chi connectivity index (χ2v) is 4.17. The summed E-state index contributed by atoms with van der Waals surface area (Å²) in [6.45, 7) is 1.74. The molecule has 0 aliphatic carbocycles. The molecule has 1 unspecified atom stereocenters. The van der Waals surface area contributed by atoms with E-state index in [1.54, 1.807) is 31.2 Å². The molecule has 0 fully saturated rings. The van der Waals surface area contributed by atoms with Crippen molar-refractivity contribution in [1.82, 2.24) is 0 Å². The summed E-state index contributed by atoms with van der Waals surface area (Å²) in [4.78, 5) is 22.9. The minimum absolute atomic E-state index is 0.0864. The smallest absolute Gasteiger partial charge is 0.337 e. The minimum atomic E-state index is -0.377. The molecule has 1 aromatic carbocycles. The molecule has 0 saturated carbocycles. The van der Waals surface area contributed by atoms with Crippen molar-refractivity contribution in [3.63, 3.8) is 0 Å². The van der Waals surface area contributed by atoms with Crippen LogP contribution in [0.3, 0.4) is 0 Å². The summed E-state index contributed by atoms with van der Waals surface area (Å²) in [5, 5.41) is 0. The lowest BCUT2D eigenvalue weighted by molar-refractivity contribution is -0.119. The topological polar surface area (TPSA) is 52.6 Å². The second-order valence-electron chi connectivity index (χ2n) is 4.17. The van der Waals surface area contributed by atoms with Crippen molar-refractivity contribution in [1.29, 1.82) is 0 Å². The van der Waals surface area contributed by atoms with E-state index >= 15 is 0 Å². The molecular formula is C14H14O4. The molecule has 2 rings (SSSR count). The zero-order valence-electron chi connectivity index (χ0n) is 10.3. The highest BCUT2D eigenvalue weighted by Gasteiger charge is 2.22. The van der Waals surface area contributed by atoms with E-state index in [-0.39, 0.29) is 17.9 Å². The first kappa shape index (κ1) is 12.4. The van der Waals surface area contributed by atoms with Crippen LogP contribution in [0.25, 0.3) is 0 Å². The number of carbonyl (C=O) groups is 2. The number of rotatable bonds is 2. The third-order valence-electron chi connectivity index (χ3n) is 2.92. The molecular weight excluding hydrogens is 232 g/mol. The Morgan fingerprint density at radius 1 is 1.33 bits per heavy atom. The molecule has 1 aliphatic rings. The van der Waals surface area contributed by atoms with Crippen molar-refractivity contribution in [3.8, 4) is 0 Å². The molecule has 0 amide bonds. The van der Waals surface area contributed by atoms with Gasteiger partial charge in [0.1, 0.15) is 6.10 Å². The number of hydrogen-bond donors (Lipinski definition) is 0. The number of ether oxygens (including phenoxy) is 2. The predicted octanol–water partition coefficient (Wildman–Crippen LogP) is 2.41. The van der Waals surface area contributed by atoms with Gasteiger partial charge in [-0.25, -0.2) is 4.79 Å².